The number of ether oxygens (including phenoxy) is 2. The van der Waals surface area contributed by atoms with E-state index in [2.05, 4.69) is 10.6 Å². The van der Waals surface area contributed by atoms with Crippen LogP contribution in [0.1, 0.15) is 26.2 Å². The Labute approximate surface area is 115 Å². The van der Waals surface area contributed by atoms with E-state index in [9.17, 15) is 4.79 Å². The van der Waals surface area contributed by atoms with Gasteiger partial charge in [0.15, 0.2) is 0 Å². The molecule has 1 heterocycles. The highest BCUT2D eigenvalue weighted by Crippen LogP contribution is 2.12. The zero-order valence-electron chi connectivity index (χ0n) is 11.2. The van der Waals surface area contributed by atoms with E-state index in [0.29, 0.717) is 13.2 Å². The molecule has 1 saturated heterocycles. The minimum absolute atomic E-state index is 0. The van der Waals surface area contributed by atoms with Crippen molar-refractivity contribution in [3.05, 3.63) is 0 Å². The Morgan fingerprint density at radius 3 is 2.89 bits per heavy atom. The van der Waals surface area contributed by atoms with Crippen LogP contribution in [0.2, 0.25) is 0 Å². The Hall–Kier alpha value is -0.360. The van der Waals surface area contributed by atoms with Crippen molar-refractivity contribution in [1.29, 1.82) is 0 Å². The molecule has 108 valence electrons. The first-order chi connectivity index (χ1) is 8.24. The summed E-state index contributed by atoms with van der Waals surface area (Å²) in [5.41, 5.74) is 0. The molecule has 2 atom stereocenters. The van der Waals surface area contributed by atoms with Crippen molar-refractivity contribution in [1.82, 2.24) is 10.6 Å². The highest BCUT2D eigenvalue weighted by Gasteiger charge is 2.19. The van der Waals surface area contributed by atoms with Crippen molar-refractivity contribution >= 4 is 18.3 Å². The summed E-state index contributed by atoms with van der Waals surface area (Å²) in [6.07, 6.45) is 2.85. The zero-order valence-corrected chi connectivity index (χ0v) is 12.1. The predicted molar refractivity (Wildman–Crippen MR) is 73.2 cm³/mol. The molecule has 0 radical (unpaired) electrons. The van der Waals surface area contributed by atoms with Gasteiger partial charge in [-0.1, -0.05) is 0 Å². The van der Waals surface area contributed by atoms with Crippen LogP contribution in [-0.2, 0) is 14.3 Å². The van der Waals surface area contributed by atoms with Gasteiger partial charge in [0, 0.05) is 13.2 Å². The van der Waals surface area contributed by atoms with E-state index in [0.717, 1.165) is 32.4 Å². The molecule has 0 bridgehead atoms. The molecule has 18 heavy (non-hydrogen) atoms. The molecule has 1 aliphatic rings. The topological polar surface area (TPSA) is 59.6 Å². The fourth-order valence-corrected chi connectivity index (χ4v) is 1.72. The Bertz CT molecular complexity index is 223. The van der Waals surface area contributed by atoms with E-state index in [1.165, 1.54) is 0 Å². The van der Waals surface area contributed by atoms with E-state index in [-0.39, 0.29) is 24.4 Å². The van der Waals surface area contributed by atoms with Crippen molar-refractivity contribution < 1.29 is 14.3 Å². The molecule has 0 spiro atoms. The standard InChI is InChI=1S/C12H24N2O3.ClH/c1-10(12(15)14-7-4-6-13-2)17-9-11-5-3-8-16-11;/h10-11,13H,3-9H2,1-2H3,(H,14,15);1H. The lowest BCUT2D eigenvalue weighted by atomic mass is 10.2. The van der Waals surface area contributed by atoms with Crippen LogP contribution < -0.4 is 10.6 Å². The Balaban J connectivity index is 0.00000289. The maximum atomic E-state index is 11.6. The summed E-state index contributed by atoms with van der Waals surface area (Å²) in [4.78, 5) is 11.6. The number of nitrogens with one attached hydrogen (secondary N) is 2. The van der Waals surface area contributed by atoms with Crippen LogP contribution in [0.5, 0.6) is 0 Å². The summed E-state index contributed by atoms with van der Waals surface area (Å²) >= 11 is 0. The molecule has 0 saturated carbocycles. The smallest absolute Gasteiger partial charge is 0.248 e. The molecular formula is C12H25ClN2O3. The zero-order chi connectivity index (χ0) is 12.5. The van der Waals surface area contributed by atoms with E-state index in [4.69, 9.17) is 9.47 Å². The average molecular weight is 281 g/mol. The summed E-state index contributed by atoms with van der Waals surface area (Å²) in [6, 6.07) is 0. The van der Waals surface area contributed by atoms with Crippen molar-refractivity contribution in [2.24, 2.45) is 0 Å². The first-order valence-corrected chi connectivity index (χ1v) is 6.39. The van der Waals surface area contributed by atoms with Crippen LogP contribution in [0, 0.1) is 0 Å². The van der Waals surface area contributed by atoms with E-state index in [1.807, 2.05) is 7.05 Å². The Morgan fingerprint density at radius 2 is 2.28 bits per heavy atom. The van der Waals surface area contributed by atoms with Gasteiger partial charge in [-0.25, -0.2) is 0 Å². The molecule has 1 aliphatic heterocycles. The van der Waals surface area contributed by atoms with Crippen molar-refractivity contribution in [3.8, 4) is 0 Å². The number of rotatable bonds is 8. The summed E-state index contributed by atoms with van der Waals surface area (Å²) in [6.45, 7) is 4.71. The monoisotopic (exact) mass is 280 g/mol. The lowest BCUT2D eigenvalue weighted by Gasteiger charge is -2.16. The van der Waals surface area contributed by atoms with Crippen LogP contribution in [0.4, 0.5) is 0 Å². The quantitative estimate of drug-likeness (QED) is 0.643. The molecule has 1 rings (SSSR count). The number of hydrogen-bond acceptors (Lipinski definition) is 4. The summed E-state index contributed by atoms with van der Waals surface area (Å²) in [5, 5.41) is 5.88. The lowest BCUT2D eigenvalue weighted by Crippen LogP contribution is -2.37. The maximum absolute atomic E-state index is 11.6. The van der Waals surface area contributed by atoms with Gasteiger partial charge < -0.3 is 20.1 Å². The number of halogens is 1. The molecule has 1 fully saturated rings. The number of amides is 1. The van der Waals surface area contributed by atoms with E-state index >= 15 is 0 Å². The SMILES string of the molecule is CNCCCNC(=O)C(C)OCC1CCCO1.Cl. The third-order valence-corrected chi connectivity index (χ3v) is 2.83. The van der Waals surface area contributed by atoms with Gasteiger partial charge in [-0.05, 0) is 39.8 Å². The minimum Gasteiger partial charge on any atom is -0.376 e. The first kappa shape index (κ1) is 17.6. The van der Waals surface area contributed by atoms with Crippen molar-refractivity contribution in [2.75, 3.05) is 33.4 Å². The van der Waals surface area contributed by atoms with Gasteiger partial charge in [-0.15, -0.1) is 12.4 Å². The first-order valence-electron chi connectivity index (χ1n) is 6.39. The van der Waals surface area contributed by atoms with E-state index < -0.39 is 6.10 Å². The van der Waals surface area contributed by atoms with Crippen LogP contribution in [0.3, 0.4) is 0 Å². The lowest BCUT2D eigenvalue weighted by molar-refractivity contribution is -0.133. The van der Waals surface area contributed by atoms with Crippen LogP contribution in [0.15, 0.2) is 0 Å². The van der Waals surface area contributed by atoms with Gasteiger partial charge in [0.2, 0.25) is 5.91 Å². The number of hydrogen-bond donors (Lipinski definition) is 2. The Kier molecular flexibility index (Phi) is 10.3. The molecule has 0 aromatic rings. The number of carbonyl (C=O) groups excluding carboxylic acids is 1. The molecule has 0 aliphatic carbocycles. The fraction of sp³-hybridized carbons (Fsp3) is 0.917. The summed E-state index contributed by atoms with van der Waals surface area (Å²) in [5.74, 6) is -0.0425. The highest BCUT2D eigenvalue weighted by atomic mass is 35.5. The average Bonchev–Trinajstić information content (AvgIpc) is 2.84. The van der Waals surface area contributed by atoms with Crippen LogP contribution in [-0.4, -0.2) is 51.5 Å². The van der Waals surface area contributed by atoms with Gasteiger partial charge in [-0.3, -0.25) is 4.79 Å². The van der Waals surface area contributed by atoms with Gasteiger partial charge in [0.25, 0.3) is 0 Å². The molecule has 6 heteroatoms. The van der Waals surface area contributed by atoms with Crippen molar-refractivity contribution in [3.63, 3.8) is 0 Å². The molecule has 5 nitrogen and oxygen atoms in total. The van der Waals surface area contributed by atoms with Crippen LogP contribution in [0.25, 0.3) is 0 Å². The second-order valence-corrected chi connectivity index (χ2v) is 4.36. The third kappa shape index (κ3) is 7.16. The summed E-state index contributed by atoms with van der Waals surface area (Å²) < 4.78 is 10.9. The molecule has 0 aromatic carbocycles. The molecule has 1 amide bonds. The minimum atomic E-state index is -0.395. The normalized spacial score (nSPS) is 20.2. The van der Waals surface area contributed by atoms with Crippen LogP contribution >= 0.6 is 12.4 Å². The van der Waals surface area contributed by atoms with Gasteiger partial charge in [0.05, 0.1) is 12.7 Å². The second-order valence-electron chi connectivity index (χ2n) is 4.36. The largest absolute Gasteiger partial charge is 0.376 e. The maximum Gasteiger partial charge on any atom is 0.248 e. The molecular weight excluding hydrogens is 256 g/mol. The number of carbonyl (C=O) groups is 1. The van der Waals surface area contributed by atoms with E-state index in [1.54, 1.807) is 6.92 Å². The fourth-order valence-electron chi connectivity index (χ4n) is 1.72. The highest BCUT2D eigenvalue weighted by molar-refractivity contribution is 5.85. The molecule has 2 unspecified atom stereocenters. The molecule has 0 aromatic heterocycles. The summed E-state index contributed by atoms with van der Waals surface area (Å²) in [7, 11) is 1.90. The van der Waals surface area contributed by atoms with Gasteiger partial charge in [-0.2, -0.15) is 0 Å². The Morgan fingerprint density at radius 1 is 1.50 bits per heavy atom. The predicted octanol–water partition coefficient (Wildman–Crippen LogP) is 0.718. The van der Waals surface area contributed by atoms with Gasteiger partial charge in [0.1, 0.15) is 6.10 Å². The van der Waals surface area contributed by atoms with Crippen molar-refractivity contribution in [2.45, 2.75) is 38.4 Å². The second kappa shape index (κ2) is 10.6. The third-order valence-electron chi connectivity index (χ3n) is 2.83. The molecule has 2 N–H and O–H groups in total. The van der Waals surface area contributed by atoms with Gasteiger partial charge >= 0.3 is 0 Å².